The van der Waals surface area contributed by atoms with Crippen molar-refractivity contribution in [1.29, 1.82) is 0 Å². The third-order valence-electron chi connectivity index (χ3n) is 5.26. The lowest BCUT2D eigenvalue weighted by Crippen LogP contribution is -2.14. The first-order valence-electron chi connectivity index (χ1n) is 11.1. The molecule has 168 valence electrons. The Balaban J connectivity index is 1.15. The lowest BCUT2D eigenvalue weighted by molar-refractivity contribution is 0.0238. The third-order valence-corrected chi connectivity index (χ3v) is 5.26. The number of aliphatic hydroxyl groups excluding tert-OH is 1. The van der Waals surface area contributed by atoms with E-state index >= 15 is 0 Å². The molecule has 0 aliphatic carbocycles. The minimum Gasteiger partial charge on any atom is -0.497 e. The van der Waals surface area contributed by atoms with E-state index in [1.807, 2.05) is 54.6 Å². The van der Waals surface area contributed by atoms with Crippen LogP contribution in [0.5, 0.6) is 5.75 Å². The molecule has 0 saturated carbocycles. The topological polar surface area (TPSA) is 60.5 Å². The molecule has 1 aliphatic rings. The number of hydrogen-bond acceptors (Lipinski definition) is 5. The average Bonchev–Trinajstić information content (AvgIpc) is 3.55. The molecule has 5 nitrogen and oxygen atoms in total. The first-order chi connectivity index (χ1) is 15.2. The van der Waals surface area contributed by atoms with Gasteiger partial charge in [0.25, 0.3) is 0 Å². The number of unbranched alkanes of at least 4 members (excludes halogenated alkanes) is 1. The highest BCUT2D eigenvalue weighted by atomic mass is 16.6. The van der Waals surface area contributed by atoms with Crippen molar-refractivity contribution in [1.82, 2.24) is 0 Å². The predicted molar refractivity (Wildman–Crippen MR) is 121 cm³/mol. The zero-order valence-corrected chi connectivity index (χ0v) is 18.3. The van der Waals surface area contributed by atoms with Gasteiger partial charge in [-0.15, -0.1) is 0 Å². The molecule has 5 heteroatoms. The monoisotopic (exact) mass is 426 g/mol. The highest BCUT2D eigenvalue weighted by Crippen LogP contribution is 2.26. The summed E-state index contributed by atoms with van der Waals surface area (Å²) in [6.45, 7) is 2.14. The van der Waals surface area contributed by atoms with E-state index in [2.05, 4.69) is 12.2 Å². The van der Waals surface area contributed by atoms with Crippen molar-refractivity contribution in [2.24, 2.45) is 0 Å². The van der Waals surface area contributed by atoms with Crippen LogP contribution in [0.1, 0.15) is 36.8 Å². The fraction of sp³-hybridized carbons (Fsp3) is 0.462. The van der Waals surface area contributed by atoms with Crippen LogP contribution in [0.25, 0.3) is 0 Å². The summed E-state index contributed by atoms with van der Waals surface area (Å²) in [5.74, 6) is 0.854. The summed E-state index contributed by atoms with van der Waals surface area (Å²) in [7, 11) is 1.66. The van der Waals surface area contributed by atoms with Crippen LogP contribution in [0.4, 0.5) is 0 Å². The number of ether oxygens (including phenoxy) is 4. The van der Waals surface area contributed by atoms with Crippen LogP contribution in [0.3, 0.4) is 0 Å². The molecular weight excluding hydrogens is 392 g/mol. The van der Waals surface area contributed by atoms with Crippen molar-refractivity contribution >= 4 is 0 Å². The largest absolute Gasteiger partial charge is 0.497 e. The van der Waals surface area contributed by atoms with Gasteiger partial charge in [0.05, 0.1) is 45.7 Å². The summed E-state index contributed by atoms with van der Waals surface area (Å²) in [5.41, 5.74) is 2.26. The number of methoxy groups -OCH3 is 1. The van der Waals surface area contributed by atoms with E-state index in [1.165, 1.54) is 0 Å². The highest BCUT2D eigenvalue weighted by Gasteiger charge is 2.37. The van der Waals surface area contributed by atoms with Crippen LogP contribution in [0.2, 0.25) is 0 Å². The van der Waals surface area contributed by atoms with Gasteiger partial charge in [-0.05, 0) is 48.9 Å². The lowest BCUT2D eigenvalue weighted by Gasteiger charge is -2.10. The molecular formula is C26H34O5. The van der Waals surface area contributed by atoms with Gasteiger partial charge >= 0.3 is 0 Å². The Morgan fingerprint density at radius 2 is 1.68 bits per heavy atom. The van der Waals surface area contributed by atoms with E-state index in [9.17, 15) is 5.11 Å². The molecule has 1 fully saturated rings. The molecule has 1 aliphatic heterocycles. The number of allylic oxidation sites excluding steroid dienone is 1. The molecule has 0 spiro atoms. The van der Waals surface area contributed by atoms with Crippen LogP contribution in [0.15, 0.2) is 66.7 Å². The van der Waals surface area contributed by atoms with Gasteiger partial charge in [-0.25, -0.2) is 0 Å². The van der Waals surface area contributed by atoms with E-state index in [0.717, 1.165) is 42.6 Å². The number of epoxide rings is 1. The minimum absolute atomic E-state index is 0.200. The molecule has 0 bridgehead atoms. The van der Waals surface area contributed by atoms with Crippen molar-refractivity contribution < 1.29 is 24.1 Å². The van der Waals surface area contributed by atoms with Crippen LogP contribution in [-0.4, -0.2) is 43.7 Å². The average molecular weight is 427 g/mol. The quantitative estimate of drug-likeness (QED) is 0.255. The second-order valence-electron chi connectivity index (χ2n) is 7.87. The fourth-order valence-electron chi connectivity index (χ4n) is 3.34. The summed E-state index contributed by atoms with van der Waals surface area (Å²) < 4.78 is 22.1. The maximum atomic E-state index is 10.0. The van der Waals surface area contributed by atoms with Crippen molar-refractivity contribution in [2.45, 2.75) is 57.2 Å². The zero-order chi connectivity index (χ0) is 21.7. The van der Waals surface area contributed by atoms with E-state index < -0.39 is 6.10 Å². The first-order valence-corrected chi connectivity index (χ1v) is 11.1. The van der Waals surface area contributed by atoms with Crippen LogP contribution in [-0.2, 0) is 27.4 Å². The molecule has 1 N–H and O–H groups in total. The van der Waals surface area contributed by atoms with Crippen molar-refractivity contribution in [3.8, 4) is 5.75 Å². The lowest BCUT2D eigenvalue weighted by atomic mass is 10.1. The van der Waals surface area contributed by atoms with Crippen molar-refractivity contribution in [2.75, 3.05) is 20.3 Å². The molecule has 31 heavy (non-hydrogen) atoms. The number of hydrogen-bond donors (Lipinski definition) is 1. The third kappa shape index (κ3) is 9.23. The zero-order valence-electron chi connectivity index (χ0n) is 18.3. The van der Waals surface area contributed by atoms with E-state index in [1.54, 1.807) is 7.11 Å². The van der Waals surface area contributed by atoms with E-state index in [-0.39, 0.29) is 12.2 Å². The Bertz CT molecular complexity index is 759. The molecule has 2 aromatic carbocycles. The summed E-state index contributed by atoms with van der Waals surface area (Å²) in [4.78, 5) is 0. The molecule has 1 heterocycles. The smallest absolute Gasteiger partial charge is 0.118 e. The van der Waals surface area contributed by atoms with Gasteiger partial charge in [0.1, 0.15) is 11.9 Å². The molecule has 0 radical (unpaired) electrons. The van der Waals surface area contributed by atoms with Crippen LogP contribution in [0, 0.1) is 0 Å². The molecule has 0 unspecified atom stereocenters. The van der Waals surface area contributed by atoms with E-state index in [0.29, 0.717) is 26.4 Å². The maximum absolute atomic E-state index is 10.0. The molecule has 0 amide bonds. The second kappa shape index (κ2) is 13.3. The van der Waals surface area contributed by atoms with Gasteiger partial charge in [-0.3, -0.25) is 0 Å². The molecule has 1 saturated heterocycles. The van der Waals surface area contributed by atoms with Gasteiger partial charge in [-0.2, -0.15) is 0 Å². The number of benzene rings is 2. The highest BCUT2D eigenvalue weighted by molar-refractivity contribution is 5.26. The van der Waals surface area contributed by atoms with Gasteiger partial charge in [0, 0.05) is 0 Å². The van der Waals surface area contributed by atoms with Crippen LogP contribution < -0.4 is 4.74 Å². The number of rotatable bonds is 15. The molecule has 2 aromatic rings. The second-order valence-corrected chi connectivity index (χ2v) is 7.87. The Morgan fingerprint density at radius 1 is 0.935 bits per heavy atom. The minimum atomic E-state index is -0.406. The Kier molecular flexibility index (Phi) is 10.1. The fourth-order valence-corrected chi connectivity index (χ4v) is 3.34. The van der Waals surface area contributed by atoms with E-state index in [4.69, 9.17) is 18.9 Å². The maximum Gasteiger partial charge on any atom is 0.118 e. The normalized spacial score (nSPS) is 18.9. The summed E-state index contributed by atoms with van der Waals surface area (Å²) in [6, 6.07) is 17.9. The molecule has 0 aromatic heterocycles. The summed E-state index contributed by atoms with van der Waals surface area (Å²) >= 11 is 0. The first kappa shape index (κ1) is 23.5. The standard InChI is InChI=1S/C26H34O5/c1-28-24-15-13-22(14-16-24)18-30-20-26-25(31-26)12-8-3-2-7-11-23(27)19-29-17-21-9-5-4-6-10-21/h3-6,8-10,13-16,23,25-27H,2,7,11-12,17-20H2,1H3/b8-3-/t23-,25+,26+/m0/s1. The van der Waals surface area contributed by atoms with Crippen LogP contribution >= 0.6 is 0 Å². The van der Waals surface area contributed by atoms with Gasteiger partial charge in [0.2, 0.25) is 0 Å². The summed E-state index contributed by atoms with van der Waals surface area (Å²) in [6.07, 6.45) is 7.99. The number of aliphatic hydroxyl groups is 1. The Labute approximate surface area is 185 Å². The Hall–Kier alpha value is -2.18. The molecule has 3 rings (SSSR count). The summed E-state index contributed by atoms with van der Waals surface area (Å²) in [5, 5.41) is 10.0. The Morgan fingerprint density at radius 3 is 2.45 bits per heavy atom. The molecule has 3 atom stereocenters. The predicted octanol–water partition coefficient (Wildman–Crippen LogP) is 4.67. The SMILES string of the molecule is COc1ccc(COC[C@H]2O[C@@H]2C/C=C\CCC[C@H](O)COCc2ccccc2)cc1. The van der Waals surface area contributed by atoms with Crippen molar-refractivity contribution in [3.63, 3.8) is 0 Å². The van der Waals surface area contributed by atoms with Gasteiger partial charge in [-0.1, -0.05) is 54.6 Å². The van der Waals surface area contributed by atoms with Gasteiger partial charge in [0.15, 0.2) is 0 Å². The van der Waals surface area contributed by atoms with Gasteiger partial charge < -0.3 is 24.1 Å². The van der Waals surface area contributed by atoms with Crippen molar-refractivity contribution in [3.05, 3.63) is 77.9 Å².